The number of fused-ring (bicyclic) bond motifs is 1. The fourth-order valence-corrected chi connectivity index (χ4v) is 3.93. The number of hydrogen-bond donors (Lipinski definition) is 1. The summed E-state index contributed by atoms with van der Waals surface area (Å²) < 4.78 is 0. The van der Waals surface area contributed by atoms with Crippen molar-refractivity contribution >= 4 is 16.6 Å². The predicted octanol–water partition coefficient (Wildman–Crippen LogP) is 3.62. The molecule has 5 nitrogen and oxygen atoms in total. The number of likely N-dealkylation sites (N-methyl/N-ethyl adjacent to an activating group) is 2. The van der Waals surface area contributed by atoms with Gasteiger partial charge < -0.3 is 15.1 Å². The van der Waals surface area contributed by atoms with Gasteiger partial charge in [0.1, 0.15) is 0 Å². The van der Waals surface area contributed by atoms with Crippen LogP contribution in [-0.2, 0) is 6.54 Å². The highest BCUT2D eigenvalue weighted by atomic mass is 15.2. The number of anilines is 1. The van der Waals surface area contributed by atoms with E-state index in [4.69, 9.17) is 4.98 Å². The second-order valence-corrected chi connectivity index (χ2v) is 8.58. The third kappa shape index (κ3) is 5.17. The zero-order valence-corrected chi connectivity index (χ0v) is 18.4. The van der Waals surface area contributed by atoms with Gasteiger partial charge in [-0.25, -0.2) is 4.98 Å². The van der Waals surface area contributed by atoms with E-state index in [2.05, 4.69) is 95.8 Å². The van der Waals surface area contributed by atoms with Crippen LogP contribution in [0.5, 0.6) is 0 Å². The molecule has 1 aliphatic heterocycles. The second kappa shape index (κ2) is 9.56. The van der Waals surface area contributed by atoms with Crippen LogP contribution in [0.25, 0.3) is 22.2 Å². The Morgan fingerprint density at radius 2 is 1.70 bits per heavy atom. The van der Waals surface area contributed by atoms with Crippen molar-refractivity contribution in [2.24, 2.45) is 0 Å². The number of nitrogens with one attached hydrogen (secondary N) is 1. The molecule has 0 saturated carbocycles. The maximum atomic E-state index is 4.94. The van der Waals surface area contributed by atoms with E-state index in [1.54, 1.807) is 0 Å². The zero-order chi connectivity index (χ0) is 20.9. The van der Waals surface area contributed by atoms with Crippen LogP contribution in [0.15, 0.2) is 54.6 Å². The predicted molar refractivity (Wildman–Crippen MR) is 127 cm³/mol. The van der Waals surface area contributed by atoms with E-state index < -0.39 is 0 Å². The summed E-state index contributed by atoms with van der Waals surface area (Å²) in [6.07, 6.45) is 0. The minimum atomic E-state index is 0.907. The van der Waals surface area contributed by atoms with Gasteiger partial charge in [0, 0.05) is 62.5 Å². The van der Waals surface area contributed by atoms with Crippen molar-refractivity contribution < 1.29 is 0 Å². The van der Waals surface area contributed by atoms with Crippen LogP contribution in [0.4, 0.5) is 5.69 Å². The molecule has 30 heavy (non-hydrogen) atoms. The molecule has 1 saturated heterocycles. The van der Waals surface area contributed by atoms with Crippen molar-refractivity contribution in [3.63, 3.8) is 0 Å². The van der Waals surface area contributed by atoms with Crippen LogP contribution < -0.4 is 5.32 Å². The monoisotopic (exact) mass is 403 g/mol. The Hall–Kier alpha value is -2.47. The maximum absolute atomic E-state index is 4.94. The molecule has 1 aromatic heterocycles. The highest BCUT2D eigenvalue weighted by Gasteiger charge is 2.14. The minimum Gasteiger partial charge on any atom is -0.383 e. The lowest BCUT2D eigenvalue weighted by Crippen LogP contribution is -2.43. The van der Waals surface area contributed by atoms with Gasteiger partial charge in [-0.15, -0.1) is 0 Å². The van der Waals surface area contributed by atoms with E-state index in [-0.39, 0.29) is 0 Å². The summed E-state index contributed by atoms with van der Waals surface area (Å²) in [4.78, 5) is 12.1. The Labute approximate surface area is 180 Å². The third-order valence-electron chi connectivity index (χ3n) is 5.84. The molecule has 158 valence electrons. The first-order valence-corrected chi connectivity index (χ1v) is 10.9. The van der Waals surface area contributed by atoms with Crippen molar-refractivity contribution in [3.05, 3.63) is 60.2 Å². The molecule has 0 radical (unpaired) electrons. The maximum Gasteiger partial charge on any atom is 0.0730 e. The number of nitrogens with zero attached hydrogens (tertiary/aromatic N) is 4. The first-order chi connectivity index (χ1) is 14.6. The molecule has 0 amide bonds. The van der Waals surface area contributed by atoms with Crippen molar-refractivity contribution in [1.82, 2.24) is 19.7 Å². The van der Waals surface area contributed by atoms with Gasteiger partial charge in [0.15, 0.2) is 0 Å². The Bertz CT molecular complexity index is 959. The smallest absolute Gasteiger partial charge is 0.0730 e. The Kier molecular flexibility index (Phi) is 6.62. The summed E-state index contributed by atoms with van der Waals surface area (Å²) in [5.74, 6) is 0. The van der Waals surface area contributed by atoms with Crippen LogP contribution in [0.2, 0.25) is 0 Å². The summed E-state index contributed by atoms with van der Waals surface area (Å²) in [7, 11) is 6.40. The first-order valence-electron chi connectivity index (χ1n) is 10.9. The molecule has 1 fully saturated rings. The highest BCUT2D eigenvalue weighted by Crippen LogP contribution is 2.28. The van der Waals surface area contributed by atoms with E-state index in [1.165, 1.54) is 16.5 Å². The van der Waals surface area contributed by atoms with E-state index in [0.717, 1.165) is 62.7 Å². The summed E-state index contributed by atoms with van der Waals surface area (Å²) >= 11 is 0. The number of aromatic nitrogens is 1. The van der Waals surface area contributed by atoms with Crippen LogP contribution in [-0.4, -0.2) is 80.1 Å². The molecule has 1 aliphatic rings. The lowest BCUT2D eigenvalue weighted by Gasteiger charge is -2.32. The molecule has 0 spiro atoms. The molecule has 0 unspecified atom stereocenters. The van der Waals surface area contributed by atoms with Crippen molar-refractivity contribution in [3.8, 4) is 11.3 Å². The summed E-state index contributed by atoms with van der Waals surface area (Å²) in [5.41, 5.74) is 5.74. The number of hydrogen-bond acceptors (Lipinski definition) is 5. The number of rotatable bonds is 7. The lowest BCUT2D eigenvalue weighted by molar-refractivity contribution is 0.148. The molecule has 0 bridgehead atoms. The van der Waals surface area contributed by atoms with Crippen molar-refractivity contribution in [2.75, 3.05) is 65.7 Å². The molecule has 4 rings (SSSR count). The second-order valence-electron chi connectivity index (χ2n) is 8.58. The molecule has 2 aromatic carbocycles. The van der Waals surface area contributed by atoms with Gasteiger partial charge in [-0.05, 0) is 38.8 Å². The van der Waals surface area contributed by atoms with Crippen molar-refractivity contribution in [1.29, 1.82) is 0 Å². The molecule has 1 N–H and O–H groups in total. The van der Waals surface area contributed by atoms with Crippen LogP contribution >= 0.6 is 0 Å². The molecular formula is C25H33N5. The SMILES string of the molecule is CN(C)CCNc1cc(-c2ccc(CN3CCN(C)CC3)cc2)nc2ccccc12. The fourth-order valence-electron chi connectivity index (χ4n) is 3.93. The third-order valence-corrected chi connectivity index (χ3v) is 5.84. The van der Waals surface area contributed by atoms with Crippen LogP contribution in [0.3, 0.4) is 0 Å². The topological polar surface area (TPSA) is 34.6 Å². The van der Waals surface area contributed by atoms with Gasteiger partial charge in [-0.2, -0.15) is 0 Å². The Balaban J connectivity index is 1.53. The number of benzene rings is 2. The minimum absolute atomic E-state index is 0.907. The quantitative estimate of drug-likeness (QED) is 0.652. The van der Waals surface area contributed by atoms with Gasteiger partial charge in [-0.1, -0.05) is 42.5 Å². The summed E-state index contributed by atoms with van der Waals surface area (Å²) in [5, 5.41) is 4.78. The summed E-state index contributed by atoms with van der Waals surface area (Å²) in [6, 6.07) is 19.5. The van der Waals surface area contributed by atoms with E-state index in [9.17, 15) is 0 Å². The first kappa shape index (κ1) is 20.8. The van der Waals surface area contributed by atoms with Gasteiger partial charge in [0.05, 0.1) is 11.2 Å². The highest BCUT2D eigenvalue weighted by molar-refractivity contribution is 5.93. The van der Waals surface area contributed by atoms with Crippen LogP contribution in [0, 0.1) is 0 Å². The lowest BCUT2D eigenvalue weighted by atomic mass is 10.1. The van der Waals surface area contributed by atoms with E-state index >= 15 is 0 Å². The Morgan fingerprint density at radius 3 is 2.43 bits per heavy atom. The number of para-hydroxylation sites is 1. The normalized spacial score (nSPS) is 15.7. The Morgan fingerprint density at radius 1 is 0.967 bits per heavy atom. The van der Waals surface area contributed by atoms with Gasteiger partial charge in [0.25, 0.3) is 0 Å². The van der Waals surface area contributed by atoms with Gasteiger partial charge in [-0.3, -0.25) is 4.90 Å². The van der Waals surface area contributed by atoms with E-state index in [1.807, 2.05) is 0 Å². The molecule has 2 heterocycles. The molecular weight excluding hydrogens is 370 g/mol. The van der Waals surface area contributed by atoms with Crippen molar-refractivity contribution in [2.45, 2.75) is 6.54 Å². The van der Waals surface area contributed by atoms with Gasteiger partial charge >= 0.3 is 0 Å². The summed E-state index contributed by atoms with van der Waals surface area (Å²) in [6.45, 7) is 7.53. The van der Waals surface area contributed by atoms with E-state index in [0.29, 0.717) is 0 Å². The average Bonchev–Trinajstić information content (AvgIpc) is 2.75. The standard InChI is InChI=1S/C25H33N5/c1-28(2)13-12-26-25-18-24(27-23-7-5-4-6-22(23)25)21-10-8-20(9-11-21)19-30-16-14-29(3)15-17-30/h4-11,18H,12-17,19H2,1-3H3,(H,26,27). The molecule has 5 heteroatoms. The molecule has 0 aliphatic carbocycles. The fraction of sp³-hybridized carbons (Fsp3) is 0.400. The molecule has 3 aromatic rings. The number of pyridine rings is 1. The largest absolute Gasteiger partial charge is 0.383 e. The number of piperazine rings is 1. The molecule has 0 atom stereocenters. The zero-order valence-electron chi connectivity index (χ0n) is 18.4. The van der Waals surface area contributed by atoms with Crippen LogP contribution in [0.1, 0.15) is 5.56 Å². The van der Waals surface area contributed by atoms with Gasteiger partial charge in [0.2, 0.25) is 0 Å². The average molecular weight is 404 g/mol.